The Balaban J connectivity index is 2.42. The number of carbonyl (C=O) groups excluding carboxylic acids is 1. The summed E-state index contributed by atoms with van der Waals surface area (Å²) in [5.41, 5.74) is 5.98. The predicted molar refractivity (Wildman–Crippen MR) is 99.8 cm³/mol. The molecule has 0 unspecified atom stereocenters. The summed E-state index contributed by atoms with van der Waals surface area (Å²) in [5.74, 6) is 0.547. The van der Waals surface area contributed by atoms with Crippen molar-refractivity contribution < 1.29 is 9.53 Å². The van der Waals surface area contributed by atoms with Gasteiger partial charge in [-0.3, -0.25) is 4.98 Å². The number of rotatable bonds is 8. The van der Waals surface area contributed by atoms with Crippen LogP contribution in [0, 0.1) is 5.92 Å². The molecule has 0 atom stereocenters. The molecule has 1 amide bonds. The highest BCUT2D eigenvalue weighted by Crippen LogP contribution is 2.24. The lowest BCUT2D eigenvalue weighted by Gasteiger charge is -2.23. The Morgan fingerprint density at radius 2 is 2.12 bits per heavy atom. The fourth-order valence-electron chi connectivity index (χ4n) is 1.98. The molecule has 0 fully saturated rings. The maximum absolute atomic E-state index is 11.6. The summed E-state index contributed by atoms with van der Waals surface area (Å²) in [6.07, 6.45) is 3.93. The molecule has 0 radical (unpaired) electrons. The van der Waals surface area contributed by atoms with Crippen LogP contribution in [0.1, 0.15) is 41.0 Å². The van der Waals surface area contributed by atoms with Crippen LogP contribution in [0.4, 0.5) is 10.5 Å². The number of aromatic nitrogens is 1. The van der Waals surface area contributed by atoms with E-state index in [0.717, 1.165) is 24.4 Å². The van der Waals surface area contributed by atoms with Gasteiger partial charge in [-0.05, 0) is 51.1 Å². The number of alkyl carbamates (subject to hydrolysis) is 1. The first kappa shape index (κ1) is 20.6. The highest BCUT2D eigenvalue weighted by Gasteiger charge is 2.16. The van der Waals surface area contributed by atoms with Crippen molar-refractivity contribution in [3.05, 3.63) is 18.5 Å². The number of anilines is 1. The lowest BCUT2D eigenvalue weighted by atomic mass is 10.2. The average Bonchev–Trinajstić information content (AvgIpc) is 2.41. The first-order valence-electron chi connectivity index (χ1n) is 8.26. The number of nitrogen functional groups attached to an aromatic ring is 1. The van der Waals surface area contributed by atoms with E-state index >= 15 is 0 Å². The fourth-order valence-corrected chi connectivity index (χ4v) is 3.16. The SMILES string of the molecule is CC(C)CN(CCCNC(=O)OC(C)(C)C)Sc1cncc(N)c1. The number of pyridine rings is 1. The molecule has 0 aromatic carbocycles. The third kappa shape index (κ3) is 9.62. The second-order valence-electron chi connectivity index (χ2n) is 7.11. The maximum atomic E-state index is 11.6. The van der Waals surface area contributed by atoms with Crippen LogP contribution in [0.15, 0.2) is 23.4 Å². The van der Waals surface area contributed by atoms with Crippen molar-refractivity contribution in [1.29, 1.82) is 0 Å². The molecule has 7 heteroatoms. The van der Waals surface area contributed by atoms with Crippen LogP contribution >= 0.6 is 11.9 Å². The van der Waals surface area contributed by atoms with Gasteiger partial charge in [0.15, 0.2) is 0 Å². The Labute approximate surface area is 149 Å². The summed E-state index contributed by atoms with van der Waals surface area (Å²) in [6.45, 7) is 12.3. The van der Waals surface area contributed by atoms with E-state index < -0.39 is 5.60 Å². The fraction of sp³-hybridized carbons (Fsp3) is 0.647. The molecule has 0 spiro atoms. The molecular formula is C17H30N4O2S. The van der Waals surface area contributed by atoms with E-state index in [0.29, 0.717) is 18.2 Å². The zero-order valence-corrected chi connectivity index (χ0v) is 16.2. The van der Waals surface area contributed by atoms with Crippen LogP contribution in [0.25, 0.3) is 0 Å². The monoisotopic (exact) mass is 354 g/mol. The summed E-state index contributed by atoms with van der Waals surface area (Å²) in [4.78, 5) is 16.8. The molecule has 0 saturated heterocycles. The van der Waals surface area contributed by atoms with Gasteiger partial charge in [-0.15, -0.1) is 0 Å². The Bertz CT molecular complexity index is 518. The van der Waals surface area contributed by atoms with Crippen molar-refractivity contribution in [2.75, 3.05) is 25.4 Å². The van der Waals surface area contributed by atoms with Crippen molar-refractivity contribution in [3.63, 3.8) is 0 Å². The standard InChI is InChI=1S/C17H30N4O2S/c1-13(2)12-21(24-15-9-14(18)10-19-11-15)8-6-7-20-16(22)23-17(3,4)5/h9-11,13H,6-8,12,18H2,1-5H3,(H,20,22). The second kappa shape index (κ2) is 9.74. The summed E-state index contributed by atoms with van der Waals surface area (Å²) in [5, 5.41) is 2.79. The summed E-state index contributed by atoms with van der Waals surface area (Å²) >= 11 is 1.65. The van der Waals surface area contributed by atoms with Gasteiger partial charge in [-0.2, -0.15) is 0 Å². The average molecular weight is 355 g/mol. The van der Waals surface area contributed by atoms with Crippen molar-refractivity contribution >= 4 is 23.7 Å². The number of hydrogen-bond acceptors (Lipinski definition) is 6. The molecule has 0 bridgehead atoms. The minimum atomic E-state index is -0.468. The molecule has 0 aliphatic heterocycles. The van der Waals surface area contributed by atoms with Gasteiger partial charge in [-0.1, -0.05) is 13.8 Å². The van der Waals surface area contributed by atoms with E-state index in [1.807, 2.05) is 33.0 Å². The largest absolute Gasteiger partial charge is 0.444 e. The summed E-state index contributed by atoms with van der Waals surface area (Å²) in [7, 11) is 0. The number of nitrogens with zero attached hydrogens (tertiary/aromatic N) is 2. The first-order valence-corrected chi connectivity index (χ1v) is 9.03. The minimum Gasteiger partial charge on any atom is -0.444 e. The van der Waals surface area contributed by atoms with Gasteiger partial charge in [0.1, 0.15) is 5.60 Å². The number of ether oxygens (including phenoxy) is 1. The van der Waals surface area contributed by atoms with E-state index in [1.165, 1.54) is 0 Å². The van der Waals surface area contributed by atoms with Crippen molar-refractivity contribution in [3.8, 4) is 0 Å². The molecule has 136 valence electrons. The van der Waals surface area contributed by atoms with Crippen LogP contribution < -0.4 is 11.1 Å². The van der Waals surface area contributed by atoms with Crippen molar-refractivity contribution in [2.24, 2.45) is 5.92 Å². The van der Waals surface area contributed by atoms with Crippen LogP contribution in [0.3, 0.4) is 0 Å². The Hall–Kier alpha value is -1.47. The van der Waals surface area contributed by atoms with Gasteiger partial charge in [0.05, 0.1) is 5.69 Å². The summed E-state index contributed by atoms with van der Waals surface area (Å²) in [6, 6.07) is 1.92. The van der Waals surface area contributed by atoms with Crippen LogP contribution in [0.5, 0.6) is 0 Å². The predicted octanol–water partition coefficient (Wildman–Crippen LogP) is 3.54. The molecular weight excluding hydrogens is 324 g/mol. The van der Waals surface area contributed by atoms with E-state index in [4.69, 9.17) is 10.5 Å². The third-order valence-corrected chi connectivity index (χ3v) is 3.81. The Kier molecular flexibility index (Phi) is 8.35. The van der Waals surface area contributed by atoms with E-state index in [1.54, 1.807) is 18.1 Å². The minimum absolute atomic E-state index is 0.370. The van der Waals surface area contributed by atoms with Gasteiger partial charge in [0, 0.05) is 36.9 Å². The van der Waals surface area contributed by atoms with Gasteiger partial charge >= 0.3 is 6.09 Å². The Morgan fingerprint density at radius 3 is 2.71 bits per heavy atom. The van der Waals surface area contributed by atoms with Crippen LogP contribution in [0.2, 0.25) is 0 Å². The number of nitrogens with one attached hydrogen (secondary N) is 1. The number of carbonyl (C=O) groups is 1. The normalized spacial score (nSPS) is 11.8. The molecule has 24 heavy (non-hydrogen) atoms. The number of amides is 1. The van der Waals surface area contributed by atoms with Crippen molar-refractivity contribution in [2.45, 2.75) is 51.5 Å². The first-order chi connectivity index (χ1) is 11.2. The zero-order valence-electron chi connectivity index (χ0n) is 15.3. The zero-order chi connectivity index (χ0) is 18.2. The van der Waals surface area contributed by atoms with Gasteiger partial charge in [0.2, 0.25) is 0 Å². The topological polar surface area (TPSA) is 80.5 Å². The molecule has 0 saturated carbocycles. The smallest absolute Gasteiger partial charge is 0.407 e. The van der Waals surface area contributed by atoms with E-state index in [9.17, 15) is 4.79 Å². The molecule has 1 heterocycles. The molecule has 3 N–H and O–H groups in total. The number of hydrogen-bond donors (Lipinski definition) is 2. The number of nitrogens with two attached hydrogens (primary N) is 1. The third-order valence-electron chi connectivity index (χ3n) is 2.79. The quantitative estimate of drug-likeness (QED) is 0.549. The van der Waals surface area contributed by atoms with Gasteiger partial charge < -0.3 is 15.8 Å². The molecule has 1 aromatic rings. The molecule has 1 rings (SSSR count). The molecule has 0 aliphatic rings. The van der Waals surface area contributed by atoms with E-state index in [2.05, 4.69) is 28.5 Å². The van der Waals surface area contributed by atoms with Crippen LogP contribution in [-0.4, -0.2) is 40.6 Å². The van der Waals surface area contributed by atoms with Gasteiger partial charge in [-0.25, -0.2) is 9.10 Å². The Morgan fingerprint density at radius 1 is 1.42 bits per heavy atom. The van der Waals surface area contributed by atoms with Crippen LogP contribution in [-0.2, 0) is 4.74 Å². The second-order valence-corrected chi connectivity index (χ2v) is 8.28. The molecule has 0 aliphatic carbocycles. The van der Waals surface area contributed by atoms with Gasteiger partial charge in [0.25, 0.3) is 0 Å². The summed E-state index contributed by atoms with van der Waals surface area (Å²) < 4.78 is 7.50. The van der Waals surface area contributed by atoms with Crippen molar-refractivity contribution in [1.82, 2.24) is 14.6 Å². The highest BCUT2D eigenvalue weighted by molar-refractivity contribution is 7.97. The molecule has 1 aromatic heterocycles. The maximum Gasteiger partial charge on any atom is 0.407 e. The molecule has 6 nitrogen and oxygen atoms in total. The highest BCUT2D eigenvalue weighted by atomic mass is 32.2. The van der Waals surface area contributed by atoms with E-state index in [-0.39, 0.29) is 6.09 Å². The lowest BCUT2D eigenvalue weighted by molar-refractivity contribution is 0.0526. The lowest BCUT2D eigenvalue weighted by Crippen LogP contribution is -2.34.